The van der Waals surface area contributed by atoms with Crippen LogP contribution in [0, 0.1) is 6.92 Å². The van der Waals surface area contributed by atoms with Gasteiger partial charge in [0.05, 0.1) is 0 Å². The van der Waals surface area contributed by atoms with Crippen LogP contribution in [0.4, 0.5) is 0 Å². The molecule has 2 aromatic carbocycles. The summed E-state index contributed by atoms with van der Waals surface area (Å²) in [6.07, 6.45) is 0.491. The third-order valence-electron chi connectivity index (χ3n) is 4.38. The van der Waals surface area contributed by atoms with E-state index < -0.39 is 6.10 Å². The van der Waals surface area contributed by atoms with Gasteiger partial charge in [0.1, 0.15) is 18.5 Å². The first-order chi connectivity index (χ1) is 12.0. The van der Waals surface area contributed by atoms with Crippen molar-refractivity contribution in [3.05, 3.63) is 64.7 Å². The normalized spacial score (nSPS) is 13.7. The highest BCUT2D eigenvalue weighted by Gasteiger charge is 2.17. The quantitative estimate of drug-likeness (QED) is 0.703. The molecule has 0 aliphatic heterocycles. The van der Waals surface area contributed by atoms with Crippen LogP contribution in [0.1, 0.15) is 31.4 Å². The number of aliphatic hydroxyl groups excluding tert-OH is 1. The van der Waals surface area contributed by atoms with Crippen molar-refractivity contribution in [3.63, 3.8) is 0 Å². The Labute approximate surface area is 156 Å². The number of ether oxygens (including phenoxy) is 1. The number of hydrogen-bond donors (Lipinski definition) is 1. The largest absolute Gasteiger partial charge is 0.491 e. The molecule has 3 nitrogen and oxygen atoms in total. The van der Waals surface area contributed by atoms with Gasteiger partial charge in [0, 0.05) is 24.2 Å². The van der Waals surface area contributed by atoms with Gasteiger partial charge in [-0.2, -0.15) is 0 Å². The molecular weight excluding hydrogens is 334 g/mol. The summed E-state index contributed by atoms with van der Waals surface area (Å²) >= 11 is 5.87. The Bertz CT molecular complexity index is 645. The van der Waals surface area contributed by atoms with Crippen molar-refractivity contribution in [1.82, 2.24) is 4.90 Å². The van der Waals surface area contributed by atoms with E-state index in [1.165, 1.54) is 11.1 Å². The van der Waals surface area contributed by atoms with Crippen LogP contribution >= 0.6 is 11.6 Å². The molecule has 0 fully saturated rings. The second-order valence-electron chi connectivity index (χ2n) is 6.59. The zero-order valence-electron chi connectivity index (χ0n) is 15.3. The van der Waals surface area contributed by atoms with Crippen molar-refractivity contribution in [1.29, 1.82) is 0 Å². The van der Waals surface area contributed by atoms with Crippen molar-refractivity contribution in [2.24, 2.45) is 0 Å². The van der Waals surface area contributed by atoms with Crippen molar-refractivity contribution >= 4 is 11.6 Å². The lowest BCUT2D eigenvalue weighted by atomic mass is 10.1. The number of aryl methyl sites for hydroxylation is 1. The fourth-order valence-corrected chi connectivity index (χ4v) is 2.88. The molecule has 0 spiro atoms. The molecule has 1 N–H and O–H groups in total. The minimum atomic E-state index is -0.547. The van der Waals surface area contributed by atoms with Crippen molar-refractivity contribution in [3.8, 4) is 5.75 Å². The average Bonchev–Trinajstić information content (AvgIpc) is 2.60. The smallest absolute Gasteiger partial charge is 0.119 e. The van der Waals surface area contributed by atoms with Gasteiger partial charge in [-0.05, 0) is 50.1 Å². The van der Waals surface area contributed by atoms with Gasteiger partial charge in [0.2, 0.25) is 0 Å². The van der Waals surface area contributed by atoms with E-state index in [1.807, 2.05) is 12.1 Å². The molecule has 0 aliphatic carbocycles. The van der Waals surface area contributed by atoms with E-state index in [2.05, 4.69) is 49.9 Å². The number of halogens is 1. The van der Waals surface area contributed by atoms with Gasteiger partial charge in [-0.1, -0.05) is 48.4 Å². The topological polar surface area (TPSA) is 32.7 Å². The van der Waals surface area contributed by atoms with Crippen LogP contribution in [0.15, 0.2) is 48.5 Å². The van der Waals surface area contributed by atoms with Gasteiger partial charge >= 0.3 is 0 Å². The fourth-order valence-electron chi connectivity index (χ4n) is 2.75. The third kappa shape index (κ3) is 6.69. The van der Waals surface area contributed by atoms with Crippen LogP contribution in [0.2, 0.25) is 5.02 Å². The molecule has 0 saturated heterocycles. The summed E-state index contributed by atoms with van der Waals surface area (Å²) in [6.45, 7) is 8.15. The predicted octanol–water partition coefficient (Wildman–Crippen LogP) is 4.69. The summed E-state index contributed by atoms with van der Waals surface area (Å²) in [5.41, 5.74) is 2.53. The lowest BCUT2D eigenvalue weighted by Crippen LogP contribution is -2.40. The van der Waals surface area contributed by atoms with E-state index >= 15 is 0 Å². The molecule has 0 aliphatic rings. The van der Waals surface area contributed by atoms with Gasteiger partial charge in [0.25, 0.3) is 0 Å². The summed E-state index contributed by atoms with van der Waals surface area (Å²) < 4.78 is 5.67. The summed E-state index contributed by atoms with van der Waals surface area (Å²) in [4.78, 5) is 2.31. The van der Waals surface area contributed by atoms with Gasteiger partial charge < -0.3 is 9.84 Å². The summed E-state index contributed by atoms with van der Waals surface area (Å²) in [6, 6.07) is 16.1. The fraction of sp³-hybridized carbons (Fsp3) is 0.429. The molecule has 0 saturated carbocycles. The van der Waals surface area contributed by atoms with Crippen LogP contribution in [0.5, 0.6) is 5.75 Å². The second kappa shape index (κ2) is 9.81. The minimum absolute atomic E-state index is 0.266. The monoisotopic (exact) mass is 361 g/mol. The van der Waals surface area contributed by atoms with Gasteiger partial charge in [-0.25, -0.2) is 0 Å². The molecular formula is C21H28ClNO2. The first kappa shape index (κ1) is 19.8. The van der Waals surface area contributed by atoms with E-state index in [0.717, 1.165) is 18.7 Å². The first-order valence-electron chi connectivity index (χ1n) is 8.84. The molecule has 0 heterocycles. The molecule has 136 valence electrons. The maximum atomic E-state index is 10.4. The number of rotatable bonds is 9. The highest BCUT2D eigenvalue weighted by Crippen LogP contribution is 2.17. The maximum absolute atomic E-state index is 10.4. The second-order valence-corrected chi connectivity index (χ2v) is 7.03. The summed E-state index contributed by atoms with van der Waals surface area (Å²) in [5.74, 6) is 0.720. The Morgan fingerprint density at radius 3 is 2.52 bits per heavy atom. The predicted molar refractivity (Wildman–Crippen MR) is 104 cm³/mol. The van der Waals surface area contributed by atoms with Crippen molar-refractivity contribution < 1.29 is 9.84 Å². The SMILES string of the molecule is CCC(C)N(Cc1cccc(C)c1)CC(O)COc1ccc(Cl)cc1. The Morgan fingerprint density at radius 1 is 1.16 bits per heavy atom. The molecule has 25 heavy (non-hydrogen) atoms. The molecule has 0 amide bonds. The standard InChI is InChI=1S/C21H28ClNO2/c1-4-17(3)23(13-18-7-5-6-16(2)12-18)14-20(24)15-25-21-10-8-19(22)9-11-21/h5-12,17,20,24H,4,13-15H2,1-3H3. The molecule has 0 aromatic heterocycles. The Balaban J connectivity index is 1.92. The Hall–Kier alpha value is -1.55. The van der Waals surface area contributed by atoms with Crippen LogP contribution in [0.3, 0.4) is 0 Å². The van der Waals surface area contributed by atoms with E-state index in [9.17, 15) is 5.11 Å². The Kier molecular flexibility index (Phi) is 7.76. The maximum Gasteiger partial charge on any atom is 0.119 e. The summed E-state index contributed by atoms with van der Waals surface area (Å²) in [7, 11) is 0. The molecule has 4 heteroatoms. The third-order valence-corrected chi connectivity index (χ3v) is 4.64. The first-order valence-corrected chi connectivity index (χ1v) is 9.21. The zero-order chi connectivity index (χ0) is 18.2. The van der Waals surface area contributed by atoms with Gasteiger partial charge in [-0.3, -0.25) is 4.90 Å². The van der Waals surface area contributed by atoms with Crippen LogP contribution < -0.4 is 4.74 Å². The van der Waals surface area contributed by atoms with Gasteiger partial charge in [0.15, 0.2) is 0 Å². The zero-order valence-corrected chi connectivity index (χ0v) is 16.0. The van der Waals surface area contributed by atoms with Gasteiger partial charge in [-0.15, -0.1) is 0 Å². The number of aliphatic hydroxyl groups is 1. The molecule has 2 atom stereocenters. The number of nitrogens with zero attached hydrogens (tertiary/aromatic N) is 1. The lowest BCUT2D eigenvalue weighted by molar-refractivity contribution is 0.0506. The van der Waals surface area contributed by atoms with Crippen molar-refractivity contribution in [2.45, 2.75) is 45.9 Å². The number of hydrogen-bond acceptors (Lipinski definition) is 3. The van der Waals surface area contributed by atoms with Crippen molar-refractivity contribution in [2.75, 3.05) is 13.2 Å². The molecule has 2 rings (SSSR count). The highest BCUT2D eigenvalue weighted by atomic mass is 35.5. The molecule has 2 unspecified atom stereocenters. The van der Waals surface area contributed by atoms with E-state index in [1.54, 1.807) is 12.1 Å². The van der Waals surface area contributed by atoms with E-state index in [-0.39, 0.29) is 6.61 Å². The minimum Gasteiger partial charge on any atom is -0.491 e. The lowest BCUT2D eigenvalue weighted by Gasteiger charge is -2.30. The molecule has 2 aromatic rings. The number of benzene rings is 2. The van der Waals surface area contributed by atoms with E-state index in [0.29, 0.717) is 17.6 Å². The average molecular weight is 362 g/mol. The highest BCUT2D eigenvalue weighted by molar-refractivity contribution is 6.30. The van der Waals surface area contributed by atoms with Crippen LogP contribution in [-0.2, 0) is 6.54 Å². The van der Waals surface area contributed by atoms with Crippen LogP contribution in [0.25, 0.3) is 0 Å². The molecule has 0 radical (unpaired) electrons. The summed E-state index contributed by atoms with van der Waals surface area (Å²) in [5, 5.41) is 11.1. The molecule has 0 bridgehead atoms. The van der Waals surface area contributed by atoms with E-state index in [4.69, 9.17) is 16.3 Å². The van der Waals surface area contributed by atoms with Crippen LogP contribution in [-0.4, -0.2) is 35.3 Å². The Morgan fingerprint density at radius 2 is 1.88 bits per heavy atom.